The Morgan fingerprint density at radius 3 is 2.32 bits per heavy atom. The predicted octanol–water partition coefficient (Wildman–Crippen LogP) is 4.83. The van der Waals surface area contributed by atoms with Gasteiger partial charge in [-0.05, 0) is 67.4 Å². The molecule has 6 heteroatoms. The van der Waals surface area contributed by atoms with Crippen LogP contribution >= 0.6 is 0 Å². The van der Waals surface area contributed by atoms with Crippen molar-refractivity contribution in [2.24, 2.45) is 5.10 Å². The maximum absolute atomic E-state index is 12.5. The molecule has 0 unspecified atom stereocenters. The van der Waals surface area contributed by atoms with Crippen LogP contribution in [0.1, 0.15) is 35.3 Å². The van der Waals surface area contributed by atoms with Gasteiger partial charge >= 0.3 is 0 Å². The molecule has 6 nitrogen and oxygen atoms in total. The van der Waals surface area contributed by atoms with Gasteiger partial charge in [-0.15, -0.1) is 0 Å². The molecule has 0 radical (unpaired) electrons. The van der Waals surface area contributed by atoms with Crippen molar-refractivity contribution in [2.45, 2.75) is 20.5 Å². The molecule has 0 saturated carbocycles. The lowest BCUT2D eigenvalue weighted by atomic mass is 10.2. The lowest BCUT2D eigenvalue weighted by molar-refractivity contribution is 0.0954. The van der Waals surface area contributed by atoms with Crippen LogP contribution in [0.15, 0.2) is 77.9 Å². The zero-order valence-corrected chi connectivity index (χ0v) is 17.7. The molecule has 0 heterocycles. The Morgan fingerprint density at radius 1 is 0.871 bits per heavy atom. The first-order chi connectivity index (χ1) is 15.2. The molecule has 1 N–H and O–H groups in total. The Labute approximate surface area is 182 Å². The second-order valence-electron chi connectivity index (χ2n) is 6.57. The topological polar surface area (TPSA) is 69.2 Å². The van der Waals surface area contributed by atoms with Gasteiger partial charge in [0.05, 0.1) is 19.4 Å². The van der Waals surface area contributed by atoms with E-state index >= 15 is 0 Å². The molecular formula is C25H26N2O4. The molecule has 3 aromatic rings. The number of hydrogen-bond acceptors (Lipinski definition) is 5. The Bertz CT molecular complexity index is 1000. The number of benzene rings is 3. The van der Waals surface area contributed by atoms with Gasteiger partial charge in [-0.25, -0.2) is 5.43 Å². The summed E-state index contributed by atoms with van der Waals surface area (Å²) in [5.74, 6) is 1.56. The first-order valence-corrected chi connectivity index (χ1v) is 10.2. The van der Waals surface area contributed by atoms with Crippen LogP contribution in [0.2, 0.25) is 0 Å². The molecule has 3 aromatic carbocycles. The average Bonchev–Trinajstić information content (AvgIpc) is 2.80. The van der Waals surface area contributed by atoms with Crippen LogP contribution in [-0.2, 0) is 6.61 Å². The molecule has 1 amide bonds. The van der Waals surface area contributed by atoms with Crippen molar-refractivity contribution in [3.8, 4) is 17.2 Å². The predicted molar refractivity (Wildman–Crippen MR) is 121 cm³/mol. The smallest absolute Gasteiger partial charge is 0.271 e. The molecule has 0 aliphatic heterocycles. The Balaban J connectivity index is 1.62. The van der Waals surface area contributed by atoms with Crippen molar-refractivity contribution < 1.29 is 19.0 Å². The average molecular weight is 418 g/mol. The number of hydrazone groups is 1. The first-order valence-electron chi connectivity index (χ1n) is 10.2. The molecule has 0 aliphatic rings. The zero-order chi connectivity index (χ0) is 21.9. The van der Waals surface area contributed by atoms with Crippen LogP contribution in [0.4, 0.5) is 0 Å². The zero-order valence-electron chi connectivity index (χ0n) is 17.7. The summed E-state index contributed by atoms with van der Waals surface area (Å²) in [6, 6.07) is 22.4. The van der Waals surface area contributed by atoms with E-state index in [1.54, 1.807) is 24.4 Å². The number of carbonyl (C=O) groups excluding carboxylic acids is 1. The molecule has 0 aliphatic carbocycles. The molecule has 31 heavy (non-hydrogen) atoms. The van der Waals surface area contributed by atoms with E-state index in [0.717, 1.165) is 16.9 Å². The molecule has 160 valence electrons. The van der Waals surface area contributed by atoms with Gasteiger partial charge in [0.1, 0.15) is 12.4 Å². The number of hydrogen-bond donors (Lipinski definition) is 1. The third kappa shape index (κ3) is 6.60. The standard InChI is InChI=1S/C25H26N2O4/c1-3-29-22-13-10-19(11-14-22)17-26-27-25(28)21-12-15-23(24(16-21)30-4-2)31-18-20-8-6-5-7-9-20/h5-17H,3-4,18H2,1-2H3,(H,27,28)/b26-17+. The summed E-state index contributed by atoms with van der Waals surface area (Å²) in [5.41, 5.74) is 4.87. The molecule has 0 atom stereocenters. The van der Waals surface area contributed by atoms with Crippen LogP contribution in [0.25, 0.3) is 0 Å². The number of amides is 1. The highest BCUT2D eigenvalue weighted by Crippen LogP contribution is 2.29. The van der Waals surface area contributed by atoms with Crippen molar-refractivity contribution in [3.63, 3.8) is 0 Å². The van der Waals surface area contributed by atoms with Crippen molar-refractivity contribution in [3.05, 3.63) is 89.5 Å². The Kier molecular flexibility index (Phi) is 8.05. The van der Waals surface area contributed by atoms with E-state index in [0.29, 0.717) is 36.9 Å². The minimum atomic E-state index is -0.335. The van der Waals surface area contributed by atoms with Gasteiger partial charge < -0.3 is 14.2 Å². The van der Waals surface area contributed by atoms with Crippen molar-refractivity contribution in [2.75, 3.05) is 13.2 Å². The molecule has 3 rings (SSSR count). The third-order valence-corrected chi connectivity index (χ3v) is 4.31. The van der Waals surface area contributed by atoms with Crippen LogP contribution in [0.3, 0.4) is 0 Å². The lowest BCUT2D eigenvalue weighted by Crippen LogP contribution is -2.17. The summed E-state index contributed by atoms with van der Waals surface area (Å²) < 4.78 is 17.0. The quantitative estimate of drug-likeness (QED) is 0.378. The van der Waals surface area contributed by atoms with Gasteiger partial charge in [0, 0.05) is 5.56 Å². The van der Waals surface area contributed by atoms with Gasteiger partial charge in [-0.3, -0.25) is 4.79 Å². The largest absolute Gasteiger partial charge is 0.494 e. The second kappa shape index (κ2) is 11.4. The summed E-state index contributed by atoms with van der Waals surface area (Å²) in [6.07, 6.45) is 1.58. The van der Waals surface area contributed by atoms with E-state index in [1.807, 2.05) is 68.4 Å². The van der Waals surface area contributed by atoms with Gasteiger partial charge in [0.25, 0.3) is 5.91 Å². The lowest BCUT2D eigenvalue weighted by Gasteiger charge is -2.13. The summed E-state index contributed by atoms with van der Waals surface area (Å²) in [7, 11) is 0. The highest BCUT2D eigenvalue weighted by Gasteiger charge is 2.11. The minimum Gasteiger partial charge on any atom is -0.494 e. The molecule has 0 spiro atoms. The fraction of sp³-hybridized carbons (Fsp3) is 0.200. The number of nitrogens with zero attached hydrogens (tertiary/aromatic N) is 1. The van der Waals surface area contributed by atoms with Gasteiger partial charge in [0.15, 0.2) is 11.5 Å². The molecule has 0 bridgehead atoms. The maximum atomic E-state index is 12.5. The summed E-state index contributed by atoms with van der Waals surface area (Å²) >= 11 is 0. The van der Waals surface area contributed by atoms with Crippen LogP contribution < -0.4 is 19.6 Å². The monoisotopic (exact) mass is 418 g/mol. The Morgan fingerprint density at radius 2 is 1.61 bits per heavy atom. The number of rotatable bonds is 10. The van der Waals surface area contributed by atoms with Crippen molar-refractivity contribution in [1.82, 2.24) is 5.43 Å². The van der Waals surface area contributed by atoms with Gasteiger partial charge in [-0.2, -0.15) is 5.10 Å². The molecule has 0 aromatic heterocycles. The molecule has 0 fully saturated rings. The van der Waals surface area contributed by atoms with Crippen LogP contribution in [-0.4, -0.2) is 25.3 Å². The van der Waals surface area contributed by atoms with E-state index < -0.39 is 0 Å². The summed E-state index contributed by atoms with van der Waals surface area (Å²) in [6.45, 7) is 5.31. The van der Waals surface area contributed by atoms with Gasteiger partial charge in [0.2, 0.25) is 0 Å². The summed E-state index contributed by atoms with van der Waals surface area (Å²) in [4.78, 5) is 12.5. The van der Waals surface area contributed by atoms with Gasteiger partial charge in [-0.1, -0.05) is 30.3 Å². The first kappa shape index (κ1) is 21.9. The van der Waals surface area contributed by atoms with E-state index in [9.17, 15) is 4.79 Å². The van der Waals surface area contributed by atoms with E-state index in [-0.39, 0.29) is 5.91 Å². The fourth-order valence-corrected chi connectivity index (χ4v) is 2.82. The normalized spacial score (nSPS) is 10.6. The van der Waals surface area contributed by atoms with E-state index in [2.05, 4.69) is 10.5 Å². The number of nitrogens with one attached hydrogen (secondary N) is 1. The van der Waals surface area contributed by atoms with Crippen molar-refractivity contribution >= 4 is 12.1 Å². The fourth-order valence-electron chi connectivity index (χ4n) is 2.82. The third-order valence-electron chi connectivity index (χ3n) is 4.31. The minimum absolute atomic E-state index is 0.335. The second-order valence-corrected chi connectivity index (χ2v) is 6.57. The molecular weight excluding hydrogens is 392 g/mol. The van der Waals surface area contributed by atoms with Crippen molar-refractivity contribution in [1.29, 1.82) is 0 Å². The highest BCUT2D eigenvalue weighted by atomic mass is 16.5. The van der Waals surface area contributed by atoms with Crippen LogP contribution in [0.5, 0.6) is 17.2 Å². The highest BCUT2D eigenvalue weighted by molar-refractivity contribution is 5.95. The maximum Gasteiger partial charge on any atom is 0.271 e. The summed E-state index contributed by atoms with van der Waals surface area (Å²) in [5, 5.41) is 4.03. The van der Waals surface area contributed by atoms with E-state index in [4.69, 9.17) is 14.2 Å². The van der Waals surface area contributed by atoms with Crippen LogP contribution in [0, 0.1) is 0 Å². The SMILES string of the molecule is CCOc1ccc(/C=N/NC(=O)c2ccc(OCc3ccccc3)c(OCC)c2)cc1. The van der Waals surface area contributed by atoms with E-state index in [1.165, 1.54) is 0 Å². The Hall–Kier alpha value is -3.80. The molecule has 0 saturated heterocycles. The number of ether oxygens (including phenoxy) is 3. The number of carbonyl (C=O) groups is 1.